The molecule has 0 saturated carbocycles. The molecule has 0 aliphatic rings. The summed E-state index contributed by atoms with van der Waals surface area (Å²) in [6.45, 7) is 7.75. The van der Waals surface area contributed by atoms with Crippen LogP contribution in [0, 0.1) is 6.57 Å². The Morgan fingerprint density at radius 1 is 1.31 bits per heavy atom. The normalized spacial score (nSPS) is 10.5. The molecule has 0 aliphatic heterocycles. The van der Waals surface area contributed by atoms with Crippen molar-refractivity contribution in [2.45, 2.75) is 19.3 Å². The van der Waals surface area contributed by atoms with E-state index in [0.717, 1.165) is 31.3 Å². The first-order chi connectivity index (χ1) is 7.85. The van der Waals surface area contributed by atoms with E-state index in [4.69, 9.17) is 12.3 Å². The number of nitrogens with zero attached hydrogens (tertiary/aromatic N) is 1. The number of H-pyrrole nitrogens is 1. The summed E-state index contributed by atoms with van der Waals surface area (Å²) in [5, 5.41) is 1.17. The van der Waals surface area contributed by atoms with Gasteiger partial charge in [-0.2, -0.15) is 0 Å². The minimum absolute atomic E-state index is 0.701. The highest BCUT2D eigenvalue weighted by molar-refractivity contribution is 5.86. The van der Waals surface area contributed by atoms with Gasteiger partial charge in [-0.1, -0.05) is 6.07 Å². The van der Waals surface area contributed by atoms with Gasteiger partial charge in [-0.25, -0.2) is 4.85 Å². The van der Waals surface area contributed by atoms with E-state index in [2.05, 4.69) is 9.83 Å². The number of benzene rings is 1. The van der Waals surface area contributed by atoms with Gasteiger partial charge in [0.1, 0.15) is 0 Å². The molecule has 2 aromatic rings. The Bertz CT molecular complexity index is 519. The van der Waals surface area contributed by atoms with E-state index in [9.17, 15) is 0 Å². The van der Waals surface area contributed by atoms with Crippen molar-refractivity contribution in [1.82, 2.24) is 4.98 Å². The van der Waals surface area contributed by atoms with Crippen molar-refractivity contribution in [3.63, 3.8) is 0 Å². The first-order valence-electron chi connectivity index (χ1n) is 5.52. The second-order valence-corrected chi connectivity index (χ2v) is 3.90. The van der Waals surface area contributed by atoms with Crippen molar-refractivity contribution in [3.05, 3.63) is 41.4 Å². The van der Waals surface area contributed by atoms with Crippen molar-refractivity contribution >= 4 is 16.6 Å². The molecule has 0 saturated heterocycles. The Labute approximate surface area is 95.1 Å². The molecule has 0 bridgehead atoms. The molecular formula is C13H15N3. The van der Waals surface area contributed by atoms with Gasteiger partial charge in [0, 0.05) is 11.7 Å². The highest BCUT2D eigenvalue weighted by Gasteiger charge is 2.04. The number of nitrogens with two attached hydrogens (primary N) is 1. The number of hydrogen-bond acceptors (Lipinski definition) is 1. The topological polar surface area (TPSA) is 46.2 Å². The summed E-state index contributed by atoms with van der Waals surface area (Å²) in [5.74, 6) is 0. The van der Waals surface area contributed by atoms with Gasteiger partial charge in [0.15, 0.2) is 5.69 Å². The van der Waals surface area contributed by atoms with Crippen LogP contribution in [0.25, 0.3) is 15.7 Å². The number of aromatic nitrogens is 1. The molecule has 0 radical (unpaired) electrons. The molecule has 1 heterocycles. The van der Waals surface area contributed by atoms with Gasteiger partial charge in [0.25, 0.3) is 0 Å². The smallest absolute Gasteiger partial charge is 0.187 e. The predicted molar refractivity (Wildman–Crippen MR) is 66.6 cm³/mol. The lowest BCUT2D eigenvalue weighted by Gasteiger charge is -1.99. The molecule has 2 rings (SSSR count). The fourth-order valence-corrected chi connectivity index (χ4v) is 1.90. The van der Waals surface area contributed by atoms with Crippen LogP contribution in [0.3, 0.4) is 0 Å². The summed E-state index contributed by atoms with van der Waals surface area (Å²) in [5.41, 5.74) is 8.57. The lowest BCUT2D eigenvalue weighted by molar-refractivity contribution is 0.747. The quantitative estimate of drug-likeness (QED) is 0.595. The molecule has 0 unspecified atom stereocenters. The van der Waals surface area contributed by atoms with Gasteiger partial charge in [0.05, 0.1) is 6.57 Å². The minimum Gasteiger partial charge on any atom is -0.361 e. The second-order valence-electron chi connectivity index (χ2n) is 3.90. The molecule has 0 amide bonds. The molecule has 0 aliphatic carbocycles. The average Bonchev–Trinajstić information content (AvgIpc) is 2.72. The molecule has 0 atom stereocenters. The Kier molecular flexibility index (Phi) is 3.23. The Morgan fingerprint density at radius 3 is 2.94 bits per heavy atom. The number of aromatic amines is 1. The summed E-state index contributed by atoms with van der Waals surface area (Å²) < 4.78 is 0. The van der Waals surface area contributed by atoms with Gasteiger partial charge < -0.3 is 10.7 Å². The van der Waals surface area contributed by atoms with Crippen LogP contribution in [0.1, 0.15) is 18.4 Å². The highest BCUT2D eigenvalue weighted by Crippen LogP contribution is 2.24. The zero-order valence-electron chi connectivity index (χ0n) is 9.16. The molecule has 3 N–H and O–H groups in total. The molecule has 3 heteroatoms. The number of rotatable bonds is 4. The van der Waals surface area contributed by atoms with Crippen molar-refractivity contribution in [2.75, 3.05) is 6.54 Å². The number of nitrogens with one attached hydrogen (secondary N) is 1. The number of unbranched alkanes of at least 4 members (excludes halogenated alkanes) is 1. The third-order valence-corrected chi connectivity index (χ3v) is 2.78. The van der Waals surface area contributed by atoms with Crippen LogP contribution in [0.2, 0.25) is 0 Å². The lowest BCUT2D eigenvalue weighted by atomic mass is 10.1. The summed E-state index contributed by atoms with van der Waals surface area (Å²) >= 11 is 0. The minimum atomic E-state index is 0.701. The molecular weight excluding hydrogens is 198 g/mol. The Morgan fingerprint density at radius 2 is 2.19 bits per heavy atom. The zero-order valence-corrected chi connectivity index (χ0v) is 9.16. The van der Waals surface area contributed by atoms with Crippen LogP contribution >= 0.6 is 0 Å². The Hall–Kier alpha value is -1.79. The van der Waals surface area contributed by atoms with Crippen LogP contribution in [0.5, 0.6) is 0 Å². The van der Waals surface area contributed by atoms with Crippen LogP contribution in [0.15, 0.2) is 24.4 Å². The second kappa shape index (κ2) is 4.82. The van der Waals surface area contributed by atoms with E-state index in [1.165, 1.54) is 10.9 Å². The van der Waals surface area contributed by atoms with Gasteiger partial charge in [-0.15, -0.1) is 0 Å². The molecule has 0 spiro atoms. The molecule has 16 heavy (non-hydrogen) atoms. The largest absolute Gasteiger partial charge is 0.361 e. The van der Waals surface area contributed by atoms with Crippen molar-refractivity contribution < 1.29 is 0 Å². The lowest BCUT2D eigenvalue weighted by Crippen LogP contribution is -1.98. The fraction of sp³-hybridized carbons (Fsp3) is 0.308. The average molecular weight is 213 g/mol. The molecule has 1 aromatic carbocycles. The first kappa shape index (κ1) is 10.7. The maximum Gasteiger partial charge on any atom is 0.187 e. The van der Waals surface area contributed by atoms with Crippen molar-refractivity contribution in [2.24, 2.45) is 5.73 Å². The maximum atomic E-state index is 7.01. The van der Waals surface area contributed by atoms with E-state index >= 15 is 0 Å². The van der Waals surface area contributed by atoms with Gasteiger partial charge in [-0.3, -0.25) is 0 Å². The summed E-state index contributed by atoms with van der Waals surface area (Å²) in [6, 6.07) is 5.77. The zero-order chi connectivity index (χ0) is 11.4. The number of hydrogen-bond donors (Lipinski definition) is 2. The van der Waals surface area contributed by atoms with Gasteiger partial charge in [-0.05, 0) is 48.9 Å². The van der Waals surface area contributed by atoms with E-state index < -0.39 is 0 Å². The van der Waals surface area contributed by atoms with E-state index in [1.807, 2.05) is 24.4 Å². The van der Waals surface area contributed by atoms with E-state index in [0.29, 0.717) is 5.69 Å². The summed E-state index contributed by atoms with van der Waals surface area (Å²) in [7, 11) is 0. The monoisotopic (exact) mass is 213 g/mol. The van der Waals surface area contributed by atoms with E-state index in [1.54, 1.807) is 0 Å². The third kappa shape index (κ3) is 2.07. The molecule has 0 fully saturated rings. The van der Waals surface area contributed by atoms with Crippen molar-refractivity contribution in [1.29, 1.82) is 0 Å². The van der Waals surface area contributed by atoms with E-state index in [-0.39, 0.29) is 0 Å². The third-order valence-electron chi connectivity index (χ3n) is 2.78. The SMILES string of the molecule is [C-]#[N+]c1ccc2[nH]cc(CCCCN)c2c1. The van der Waals surface area contributed by atoms with Crippen LogP contribution in [-0.4, -0.2) is 11.5 Å². The highest BCUT2D eigenvalue weighted by atomic mass is 14.7. The van der Waals surface area contributed by atoms with Crippen LogP contribution in [-0.2, 0) is 6.42 Å². The van der Waals surface area contributed by atoms with Gasteiger partial charge in [0.2, 0.25) is 0 Å². The number of aryl methyl sites for hydroxylation is 1. The standard InChI is InChI=1S/C13H15N3/c1-15-11-5-6-13-12(8-11)10(9-16-13)4-2-3-7-14/h5-6,8-9,16H,2-4,7,14H2. The fourth-order valence-electron chi connectivity index (χ4n) is 1.90. The first-order valence-corrected chi connectivity index (χ1v) is 5.52. The number of fused-ring (bicyclic) bond motifs is 1. The summed E-state index contributed by atoms with van der Waals surface area (Å²) in [4.78, 5) is 6.69. The Balaban J connectivity index is 2.28. The van der Waals surface area contributed by atoms with Crippen LogP contribution < -0.4 is 5.73 Å². The molecule has 3 nitrogen and oxygen atoms in total. The van der Waals surface area contributed by atoms with Crippen molar-refractivity contribution in [3.8, 4) is 0 Å². The summed E-state index contributed by atoms with van der Waals surface area (Å²) in [6.07, 6.45) is 5.22. The maximum absolute atomic E-state index is 7.01. The molecule has 1 aromatic heterocycles. The molecule has 82 valence electrons. The van der Waals surface area contributed by atoms with Gasteiger partial charge >= 0.3 is 0 Å². The van der Waals surface area contributed by atoms with Crippen LogP contribution in [0.4, 0.5) is 5.69 Å². The predicted octanol–water partition coefficient (Wildman–Crippen LogP) is 3.00.